The Balaban J connectivity index is 2.26. The highest BCUT2D eigenvalue weighted by Gasteiger charge is 2.10. The van der Waals surface area contributed by atoms with E-state index < -0.39 is 0 Å². The number of rotatable bonds is 5. The molecule has 0 unspecified atom stereocenters. The summed E-state index contributed by atoms with van der Waals surface area (Å²) in [7, 11) is 2.87. The lowest BCUT2D eigenvalue weighted by atomic mass is 10.1. The van der Waals surface area contributed by atoms with E-state index in [-0.39, 0.29) is 28.8 Å². The fraction of sp³-hybridized carbons (Fsp3) is 0.118. The van der Waals surface area contributed by atoms with Crippen molar-refractivity contribution in [3.8, 4) is 23.0 Å². The molecule has 0 bridgehead atoms. The molecule has 5 nitrogen and oxygen atoms in total. The monoisotopic (exact) mass is 300 g/mol. The van der Waals surface area contributed by atoms with Crippen molar-refractivity contribution < 1.29 is 24.5 Å². The molecule has 0 aromatic heterocycles. The minimum atomic E-state index is -0.203. The number of carbonyl (C=O) groups excluding carboxylic acids is 1. The summed E-state index contributed by atoms with van der Waals surface area (Å²) in [5.74, 6) is 0.332. The highest BCUT2D eigenvalue weighted by molar-refractivity contribution is 6.06. The number of carbonyl (C=O) groups is 1. The van der Waals surface area contributed by atoms with Gasteiger partial charge in [-0.25, -0.2) is 0 Å². The van der Waals surface area contributed by atoms with E-state index in [0.29, 0.717) is 11.1 Å². The Morgan fingerprint density at radius 1 is 1.00 bits per heavy atom. The Labute approximate surface area is 128 Å². The Morgan fingerprint density at radius 3 is 2.05 bits per heavy atom. The highest BCUT2D eigenvalue weighted by atomic mass is 16.5. The number of aromatic hydroxyl groups is 2. The molecule has 0 spiro atoms. The molecule has 2 aromatic carbocycles. The third-order valence-corrected chi connectivity index (χ3v) is 3.08. The maximum atomic E-state index is 12.0. The molecular weight excluding hydrogens is 284 g/mol. The van der Waals surface area contributed by atoms with Crippen molar-refractivity contribution in [3.63, 3.8) is 0 Å². The van der Waals surface area contributed by atoms with Gasteiger partial charge in [-0.2, -0.15) is 0 Å². The smallest absolute Gasteiger partial charge is 0.200 e. The summed E-state index contributed by atoms with van der Waals surface area (Å²) in [5, 5.41) is 19.0. The average Bonchev–Trinajstić information content (AvgIpc) is 2.54. The first-order valence-corrected chi connectivity index (χ1v) is 6.51. The van der Waals surface area contributed by atoms with Crippen molar-refractivity contribution in [3.05, 3.63) is 53.6 Å². The minimum absolute atomic E-state index is 0.0907. The van der Waals surface area contributed by atoms with E-state index in [0.717, 1.165) is 0 Å². The summed E-state index contributed by atoms with van der Waals surface area (Å²) in [5.41, 5.74) is 1.12. The lowest BCUT2D eigenvalue weighted by molar-refractivity contribution is 0.104. The summed E-state index contributed by atoms with van der Waals surface area (Å²) >= 11 is 0. The number of phenols is 2. The normalized spacial score (nSPS) is 10.6. The van der Waals surface area contributed by atoms with Crippen LogP contribution in [-0.4, -0.2) is 30.2 Å². The number of ether oxygens (including phenoxy) is 2. The second kappa shape index (κ2) is 6.67. The molecule has 2 N–H and O–H groups in total. The van der Waals surface area contributed by atoms with Crippen LogP contribution in [-0.2, 0) is 0 Å². The fourth-order valence-corrected chi connectivity index (χ4v) is 1.90. The molecule has 0 aliphatic carbocycles. The molecule has 22 heavy (non-hydrogen) atoms. The maximum absolute atomic E-state index is 12.0. The van der Waals surface area contributed by atoms with E-state index >= 15 is 0 Å². The van der Waals surface area contributed by atoms with Crippen molar-refractivity contribution in [1.29, 1.82) is 0 Å². The van der Waals surface area contributed by atoms with Gasteiger partial charge in [0.15, 0.2) is 17.3 Å². The molecule has 0 fully saturated rings. The number of allylic oxidation sites excluding steroid dienone is 1. The first-order valence-electron chi connectivity index (χ1n) is 6.51. The number of phenolic OH excluding ortho intramolecular Hbond substituents is 2. The summed E-state index contributed by atoms with van der Waals surface area (Å²) < 4.78 is 10.1. The van der Waals surface area contributed by atoms with Gasteiger partial charge in [0.05, 0.1) is 14.2 Å². The van der Waals surface area contributed by atoms with Gasteiger partial charge in [0.25, 0.3) is 0 Å². The number of hydrogen-bond donors (Lipinski definition) is 2. The lowest BCUT2D eigenvalue weighted by Crippen LogP contribution is -1.94. The molecule has 0 saturated carbocycles. The van der Waals surface area contributed by atoms with Gasteiger partial charge in [-0.3, -0.25) is 4.79 Å². The molecular formula is C17H16O5. The van der Waals surface area contributed by atoms with Gasteiger partial charge in [0.1, 0.15) is 5.75 Å². The molecule has 0 heterocycles. The number of ketones is 1. The average molecular weight is 300 g/mol. The first kappa shape index (κ1) is 15.4. The Hall–Kier alpha value is -2.95. The maximum Gasteiger partial charge on any atom is 0.200 e. The van der Waals surface area contributed by atoms with Crippen LogP contribution in [0.3, 0.4) is 0 Å². The molecule has 114 valence electrons. The van der Waals surface area contributed by atoms with E-state index in [9.17, 15) is 15.0 Å². The molecule has 2 aromatic rings. The number of methoxy groups -OCH3 is 2. The number of hydrogen-bond acceptors (Lipinski definition) is 5. The van der Waals surface area contributed by atoms with Crippen LogP contribution in [0, 0.1) is 0 Å². The fourth-order valence-electron chi connectivity index (χ4n) is 1.90. The second-order valence-electron chi connectivity index (χ2n) is 4.52. The minimum Gasteiger partial charge on any atom is -0.508 e. The van der Waals surface area contributed by atoms with Gasteiger partial charge in [0, 0.05) is 5.56 Å². The van der Waals surface area contributed by atoms with Crippen molar-refractivity contribution in [2.45, 2.75) is 0 Å². The van der Waals surface area contributed by atoms with Gasteiger partial charge in [-0.05, 0) is 48.0 Å². The van der Waals surface area contributed by atoms with Crippen LogP contribution in [0.5, 0.6) is 23.0 Å². The van der Waals surface area contributed by atoms with Crippen molar-refractivity contribution in [2.75, 3.05) is 14.2 Å². The molecule has 0 amide bonds. The summed E-state index contributed by atoms with van der Waals surface area (Å²) in [6.07, 6.45) is 3.00. The van der Waals surface area contributed by atoms with Gasteiger partial charge in [-0.1, -0.05) is 6.08 Å². The van der Waals surface area contributed by atoms with Crippen molar-refractivity contribution in [1.82, 2.24) is 0 Å². The van der Waals surface area contributed by atoms with E-state index in [2.05, 4.69) is 0 Å². The van der Waals surface area contributed by atoms with Gasteiger partial charge < -0.3 is 19.7 Å². The van der Waals surface area contributed by atoms with Crippen molar-refractivity contribution >= 4 is 11.9 Å². The molecule has 0 aliphatic rings. The summed E-state index contributed by atoms with van der Waals surface area (Å²) in [6, 6.07) is 9.18. The lowest BCUT2D eigenvalue weighted by Gasteiger charge is -2.09. The molecule has 5 heteroatoms. The third kappa shape index (κ3) is 3.38. The van der Waals surface area contributed by atoms with Crippen LogP contribution in [0.1, 0.15) is 15.9 Å². The van der Waals surface area contributed by atoms with E-state index in [4.69, 9.17) is 9.47 Å². The van der Waals surface area contributed by atoms with Gasteiger partial charge in [-0.15, -0.1) is 0 Å². The molecule has 0 saturated heterocycles. The van der Waals surface area contributed by atoms with Crippen LogP contribution >= 0.6 is 0 Å². The van der Waals surface area contributed by atoms with E-state index in [1.807, 2.05) is 0 Å². The molecule has 0 atom stereocenters. The van der Waals surface area contributed by atoms with Gasteiger partial charge >= 0.3 is 0 Å². The van der Waals surface area contributed by atoms with E-state index in [1.54, 1.807) is 30.3 Å². The van der Waals surface area contributed by atoms with E-state index in [1.165, 1.54) is 32.4 Å². The van der Waals surface area contributed by atoms with Crippen LogP contribution < -0.4 is 9.47 Å². The van der Waals surface area contributed by atoms with Crippen LogP contribution in [0.15, 0.2) is 42.5 Å². The molecule has 0 radical (unpaired) electrons. The molecule has 0 aliphatic heterocycles. The number of benzene rings is 2. The third-order valence-electron chi connectivity index (χ3n) is 3.08. The second-order valence-corrected chi connectivity index (χ2v) is 4.52. The summed E-state index contributed by atoms with van der Waals surface area (Å²) in [6.45, 7) is 0. The Morgan fingerprint density at radius 2 is 1.55 bits per heavy atom. The predicted octanol–water partition coefficient (Wildman–Crippen LogP) is 3.01. The van der Waals surface area contributed by atoms with Crippen LogP contribution in [0.4, 0.5) is 0 Å². The largest absolute Gasteiger partial charge is 0.508 e. The summed E-state index contributed by atoms with van der Waals surface area (Å²) in [4.78, 5) is 12.0. The Kier molecular flexibility index (Phi) is 4.68. The topological polar surface area (TPSA) is 76.0 Å². The SMILES string of the molecule is COc1cc(C=CC(=O)c2ccc(O)cc2)cc(OC)c1O. The quantitative estimate of drug-likeness (QED) is 0.655. The zero-order valence-corrected chi connectivity index (χ0v) is 12.2. The Bertz CT molecular complexity index is 676. The molecule has 2 rings (SSSR count). The first-order chi connectivity index (χ1) is 10.5. The predicted molar refractivity (Wildman–Crippen MR) is 82.7 cm³/mol. The zero-order valence-electron chi connectivity index (χ0n) is 12.2. The van der Waals surface area contributed by atoms with Crippen LogP contribution in [0.25, 0.3) is 6.08 Å². The van der Waals surface area contributed by atoms with Crippen molar-refractivity contribution in [2.24, 2.45) is 0 Å². The zero-order chi connectivity index (χ0) is 16.1. The highest BCUT2D eigenvalue weighted by Crippen LogP contribution is 2.37. The standard InChI is InChI=1S/C17H16O5/c1-21-15-9-11(10-16(22-2)17(15)20)3-8-14(19)12-4-6-13(18)7-5-12/h3-10,18,20H,1-2H3. The van der Waals surface area contributed by atoms with Gasteiger partial charge in [0.2, 0.25) is 5.75 Å². The van der Waals surface area contributed by atoms with Crippen LogP contribution in [0.2, 0.25) is 0 Å².